The lowest BCUT2D eigenvalue weighted by Gasteiger charge is -2.35. The molecule has 1 fully saturated rings. The molecule has 1 aliphatic heterocycles. The van der Waals surface area contributed by atoms with Gasteiger partial charge in [-0.3, -0.25) is 4.79 Å². The largest absolute Gasteiger partial charge is 0.353 e. The van der Waals surface area contributed by atoms with Crippen molar-refractivity contribution in [3.63, 3.8) is 0 Å². The Bertz CT molecular complexity index is 1010. The highest BCUT2D eigenvalue weighted by atomic mass is 35.5. The van der Waals surface area contributed by atoms with Gasteiger partial charge in [0.15, 0.2) is 0 Å². The second kappa shape index (κ2) is 6.70. The Balaban J connectivity index is 1.51. The first-order valence-electron chi connectivity index (χ1n) is 8.25. The van der Waals surface area contributed by atoms with Crippen molar-refractivity contribution in [1.82, 2.24) is 14.9 Å². The van der Waals surface area contributed by atoms with Gasteiger partial charge in [-0.15, -0.1) is 0 Å². The van der Waals surface area contributed by atoms with Gasteiger partial charge in [0.2, 0.25) is 0 Å². The summed E-state index contributed by atoms with van der Waals surface area (Å²) < 4.78 is 0. The van der Waals surface area contributed by atoms with E-state index in [0.29, 0.717) is 48.1 Å². The highest BCUT2D eigenvalue weighted by Crippen LogP contribution is 2.24. The van der Waals surface area contributed by atoms with Crippen LogP contribution < -0.4 is 4.90 Å². The van der Waals surface area contributed by atoms with Crippen LogP contribution in [0.2, 0.25) is 5.02 Å². The standard InChI is InChI=1S/C19H15ClN5O/c20-14-3-4-15-16(12-23-17(15)10-14)19(26)25-8-6-24(7-9-25)18-13(11-21)2-1-5-22-18/h1-5,10,23H,6-9H2. The zero-order valence-electron chi connectivity index (χ0n) is 13.9. The molecule has 6 nitrogen and oxygen atoms in total. The van der Waals surface area contributed by atoms with Crippen LogP contribution in [-0.4, -0.2) is 47.0 Å². The van der Waals surface area contributed by atoms with Crippen LogP contribution in [0.4, 0.5) is 5.82 Å². The minimum Gasteiger partial charge on any atom is -0.353 e. The number of fused-ring (bicyclic) bond motifs is 1. The van der Waals surface area contributed by atoms with E-state index in [0.717, 1.165) is 10.9 Å². The first kappa shape index (κ1) is 16.4. The lowest BCUT2D eigenvalue weighted by molar-refractivity contribution is 0.0748. The summed E-state index contributed by atoms with van der Waals surface area (Å²) in [4.78, 5) is 24.0. The topological polar surface area (TPSA) is 76.0 Å². The number of rotatable bonds is 2. The van der Waals surface area contributed by atoms with E-state index in [4.69, 9.17) is 11.6 Å². The summed E-state index contributed by atoms with van der Waals surface area (Å²) in [6.45, 7) is 2.39. The van der Waals surface area contributed by atoms with E-state index in [-0.39, 0.29) is 5.91 Å². The average molecular weight is 365 g/mol. The molecule has 1 amide bonds. The molecular weight excluding hydrogens is 350 g/mol. The Hall–Kier alpha value is -3.04. The highest BCUT2D eigenvalue weighted by molar-refractivity contribution is 6.31. The molecule has 1 radical (unpaired) electrons. The van der Waals surface area contributed by atoms with Gasteiger partial charge in [-0.25, -0.2) is 4.98 Å². The summed E-state index contributed by atoms with van der Waals surface area (Å²) >= 11 is 5.99. The molecule has 0 atom stereocenters. The third kappa shape index (κ3) is 2.87. The van der Waals surface area contributed by atoms with E-state index in [1.54, 1.807) is 35.4 Å². The summed E-state index contributed by atoms with van der Waals surface area (Å²) in [6, 6.07) is 11.1. The molecule has 1 aliphatic rings. The van der Waals surface area contributed by atoms with Crippen LogP contribution in [0.1, 0.15) is 15.9 Å². The van der Waals surface area contributed by atoms with Gasteiger partial charge in [0.05, 0.1) is 17.3 Å². The first-order valence-corrected chi connectivity index (χ1v) is 8.63. The van der Waals surface area contributed by atoms with Crippen molar-refractivity contribution >= 4 is 34.2 Å². The van der Waals surface area contributed by atoms with Crippen molar-refractivity contribution < 1.29 is 4.79 Å². The lowest BCUT2D eigenvalue weighted by Crippen LogP contribution is -2.49. The number of H-pyrrole nitrogens is 1. The van der Waals surface area contributed by atoms with Crippen LogP contribution in [0.25, 0.3) is 10.9 Å². The number of aromatic amines is 1. The van der Waals surface area contributed by atoms with Gasteiger partial charge in [0, 0.05) is 48.3 Å². The maximum Gasteiger partial charge on any atom is 0.256 e. The third-order valence-corrected chi connectivity index (χ3v) is 4.80. The number of hydrogen-bond donors (Lipinski definition) is 1. The van der Waals surface area contributed by atoms with Gasteiger partial charge in [-0.1, -0.05) is 17.7 Å². The monoisotopic (exact) mass is 364 g/mol. The summed E-state index contributed by atoms with van der Waals surface area (Å²) in [5, 5.41) is 10.7. The van der Waals surface area contributed by atoms with Crippen LogP contribution in [0.3, 0.4) is 0 Å². The molecular formula is C19H15ClN5O. The summed E-state index contributed by atoms with van der Waals surface area (Å²) in [6.07, 6.45) is 4.64. The minimum atomic E-state index is -0.0558. The fourth-order valence-corrected chi connectivity index (χ4v) is 3.39. The van der Waals surface area contributed by atoms with Gasteiger partial charge in [-0.05, 0) is 24.3 Å². The Morgan fingerprint density at radius 1 is 1.27 bits per heavy atom. The highest BCUT2D eigenvalue weighted by Gasteiger charge is 2.25. The molecule has 4 rings (SSSR count). The van der Waals surface area contributed by atoms with Crippen molar-refractivity contribution in [2.24, 2.45) is 0 Å². The molecule has 0 saturated carbocycles. The number of piperazine rings is 1. The number of nitrogens with one attached hydrogen (secondary N) is 1. The Kier molecular flexibility index (Phi) is 4.23. The number of benzene rings is 1. The summed E-state index contributed by atoms with van der Waals surface area (Å²) in [5.74, 6) is 0.621. The zero-order valence-corrected chi connectivity index (χ0v) is 14.6. The van der Waals surface area contributed by atoms with Crippen LogP contribution >= 0.6 is 11.6 Å². The number of nitriles is 1. The molecule has 0 aliphatic carbocycles. The van der Waals surface area contributed by atoms with Crippen LogP contribution in [0.5, 0.6) is 0 Å². The van der Waals surface area contributed by atoms with E-state index in [9.17, 15) is 10.1 Å². The number of anilines is 1. The number of amides is 1. The van der Waals surface area contributed by atoms with Crippen molar-refractivity contribution in [2.45, 2.75) is 0 Å². The smallest absolute Gasteiger partial charge is 0.256 e. The zero-order chi connectivity index (χ0) is 18.1. The lowest BCUT2D eigenvalue weighted by atomic mass is 10.1. The van der Waals surface area contributed by atoms with E-state index >= 15 is 0 Å². The molecule has 0 spiro atoms. The molecule has 1 N–H and O–H groups in total. The van der Waals surface area contributed by atoms with Crippen molar-refractivity contribution in [3.8, 4) is 6.07 Å². The normalized spacial score (nSPS) is 14.5. The maximum atomic E-state index is 12.9. The van der Waals surface area contributed by atoms with Crippen LogP contribution in [-0.2, 0) is 0 Å². The molecule has 26 heavy (non-hydrogen) atoms. The molecule has 2 aromatic heterocycles. The van der Waals surface area contributed by atoms with Gasteiger partial charge < -0.3 is 14.8 Å². The minimum absolute atomic E-state index is 0.0558. The molecule has 3 aromatic rings. The number of hydrogen-bond acceptors (Lipinski definition) is 4. The Morgan fingerprint density at radius 2 is 2.08 bits per heavy atom. The SMILES string of the molecule is N#Cc1cccnc1N1CCN(C(=O)c2[c][nH]c3cc(Cl)ccc23)CC1. The number of aromatic nitrogens is 2. The van der Waals surface area contributed by atoms with E-state index < -0.39 is 0 Å². The molecule has 1 saturated heterocycles. The van der Waals surface area contributed by atoms with Gasteiger partial charge in [0.25, 0.3) is 5.91 Å². The van der Waals surface area contributed by atoms with Gasteiger partial charge in [0.1, 0.15) is 11.9 Å². The van der Waals surface area contributed by atoms with Crippen LogP contribution in [0.15, 0.2) is 36.5 Å². The second-order valence-corrected chi connectivity index (χ2v) is 6.52. The quantitative estimate of drug-likeness (QED) is 0.758. The number of nitrogens with zero attached hydrogens (tertiary/aromatic N) is 4. The second-order valence-electron chi connectivity index (χ2n) is 6.08. The average Bonchev–Trinajstić information content (AvgIpc) is 3.10. The Labute approximate surface area is 155 Å². The molecule has 1 aromatic carbocycles. The van der Waals surface area contributed by atoms with Crippen molar-refractivity contribution in [2.75, 3.05) is 31.1 Å². The van der Waals surface area contributed by atoms with Crippen LogP contribution in [0, 0.1) is 17.5 Å². The molecule has 129 valence electrons. The van der Waals surface area contributed by atoms with E-state index in [1.807, 2.05) is 11.0 Å². The Morgan fingerprint density at radius 3 is 2.85 bits per heavy atom. The van der Waals surface area contributed by atoms with E-state index in [1.165, 1.54) is 0 Å². The van der Waals surface area contributed by atoms with Gasteiger partial charge in [-0.2, -0.15) is 5.26 Å². The number of halogens is 1. The fourth-order valence-electron chi connectivity index (χ4n) is 3.22. The van der Waals surface area contributed by atoms with Crippen molar-refractivity contribution in [1.29, 1.82) is 5.26 Å². The molecule has 3 heterocycles. The van der Waals surface area contributed by atoms with Gasteiger partial charge >= 0.3 is 0 Å². The fraction of sp³-hybridized carbons (Fsp3) is 0.211. The number of carbonyl (C=O) groups excluding carboxylic acids is 1. The summed E-state index contributed by atoms with van der Waals surface area (Å²) in [5.41, 5.74) is 1.88. The predicted octanol–water partition coefficient (Wildman–Crippen LogP) is 2.85. The molecule has 0 bridgehead atoms. The van der Waals surface area contributed by atoms with Crippen molar-refractivity contribution in [3.05, 3.63) is 58.9 Å². The number of pyridine rings is 1. The molecule has 7 heteroatoms. The third-order valence-electron chi connectivity index (χ3n) is 4.56. The maximum absolute atomic E-state index is 12.9. The number of carbonyl (C=O) groups is 1. The first-order chi connectivity index (χ1) is 12.7. The molecule has 0 unspecified atom stereocenters. The van der Waals surface area contributed by atoms with E-state index in [2.05, 4.69) is 22.2 Å². The summed E-state index contributed by atoms with van der Waals surface area (Å²) in [7, 11) is 0. The predicted molar refractivity (Wildman–Crippen MR) is 99.2 cm³/mol.